The van der Waals surface area contributed by atoms with Crippen LogP contribution in [0.1, 0.15) is 142 Å². The normalized spacial score (nSPS) is 11.5. The van der Waals surface area contributed by atoms with Crippen LogP contribution >= 0.6 is 7.37 Å². The molecule has 170 valence electrons. The van der Waals surface area contributed by atoms with E-state index >= 15 is 0 Å². The zero-order chi connectivity index (χ0) is 20.1. The van der Waals surface area contributed by atoms with E-state index in [4.69, 9.17) is 0 Å². The van der Waals surface area contributed by atoms with Crippen molar-refractivity contribution in [3.63, 3.8) is 0 Å². The molecule has 0 aliphatic carbocycles. The van der Waals surface area contributed by atoms with Crippen LogP contribution in [0.5, 0.6) is 0 Å². The first-order chi connectivity index (χ1) is 13.1. The second kappa shape index (κ2) is 24.2. The van der Waals surface area contributed by atoms with Crippen molar-refractivity contribution in [1.29, 1.82) is 0 Å². The van der Waals surface area contributed by atoms with Crippen molar-refractivity contribution in [2.24, 2.45) is 0 Å². The summed E-state index contributed by atoms with van der Waals surface area (Å²) in [6.07, 6.45) is 26.8. The fraction of sp³-hybridized carbons (Fsp3) is 1.00. The summed E-state index contributed by atoms with van der Waals surface area (Å²) >= 11 is 0. The van der Waals surface area contributed by atoms with Gasteiger partial charge in [-0.3, -0.25) is 4.57 Å². The van der Waals surface area contributed by atoms with Gasteiger partial charge >= 0.3 is 0 Å². The quantitative estimate of drug-likeness (QED) is 0.0918. The monoisotopic (exact) mass is 500 g/mol. The van der Waals surface area contributed by atoms with E-state index in [1.807, 2.05) is 0 Å². The second-order valence-electron chi connectivity index (χ2n) is 8.66. The van der Waals surface area contributed by atoms with Crippen LogP contribution in [0.25, 0.3) is 0 Å². The molecule has 0 aliphatic heterocycles. The Bertz CT molecular complexity index is 309. The van der Waals surface area contributed by atoms with E-state index in [1.54, 1.807) is 0 Å². The smallest absolute Gasteiger partial charge is 0.200 e. The molecule has 0 bridgehead atoms. The van der Waals surface area contributed by atoms with Crippen molar-refractivity contribution in [2.75, 3.05) is 12.3 Å². The van der Waals surface area contributed by atoms with Crippen molar-refractivity contribution in [2.45, 2.75) is 142 Å². The Hall–Kier alpha value is 0.878. The van der Waals surface area contributed by atoms with Gasteiger partial charge < -0.3 is 4.89 Å². The summed E-state index contributed by atoms with van der Waals surface area (Å²) in [6.45, 7) is 4.52. The third-order valence-corrected chi connectivity index (χ3v) is 7.75. The van der Waals surface area contributed by atoms with Crippen LogP contribution in [-0.4, -0.2) is 17.2 Å². The molecule has 0 saturated carbocycles. The predicted octanol–water partition coefficient (Wildman–Crippen LogP) is 9.10. The van der Waals surface area contributed by atoms with E-state index < -0.39 is 7.37 Å². The molecule has 0 aromatic carbocycles. The van der Waals surface area contributed by atoms with Crippen molar-refractivity contribution in [3.8, 4) is 0 Å². The minimum Gasteiger partial charge on any atom is -0.344 e. The van der Waals surface area contributed by atoms with Crippen molar-refractivity contribution in [3.05, 3.63) is 0 Å². The topological polar surface area (TPSA) is 37.3 Å². The molecule has 0 heterocycles. The summed E-state index contributed by atoms with van der Waals surface area (Å²) in [6, 6.07) is 0. The average molecular weight is 499 g/mol. The van der Waals surface area contributed by atoms with Crippen molar-refractivity contribution >= 4 is 7.37 Å². The van der Waals surface area contributed by atoms with Gasteiger partial charge in [-0.15, -0.1) is 0 Å². The molecule has 4 heteroatoms. The van der Waals surface area contributed by atoms with Gasteiger partial charge in [-0.25, -0.2) is 0 Å². The van der Waals surface area contributed by atoms with E-state index in [1.165, 1.54) is 103 Å². The van der Waals surface area contributed by atoms with Gasteiger partial charge in [0.1, 0.15) is 0 Å². The Morgan fingerprint density at radius 3 is 0.929 bits per heavy atom. The maximum Gasteiger partial charge on any atom is 0.200 e. The van der Waals surface area contributed by atoms with E-state index in [9.17, 15) is 9.46 Å². The van der Waals surface area contributed by atoms with Crippen LogP contribution in [0.3, 0.4) is 0 Å². The molecule has 0 amide bonds. The minimum absolute atomic E-state index is 0. The maximum atomic E-state index is 12.2. The minimum atomic E-state index is -2.84. The molecule has 0 rings (SSSR count). The standard InChI is InChI=1S/C24H51O2P.Mo/c1-3-5-7-9-11-13-15-17-19-21-23-27(25,26)24-22-20-18-16-14-12-10-8-6-4-2;/h3-24H2,1-2H3,(H,25,26);. The van der Waals surface area contributed by atoms with E-state index in [0.29, 0.717) is 12.3 Å². The van der Waals surface area contributed by atoms with Gasteiger partial charge in [0.25, 0.3) is 0 Å². The Labute approximate surface area is 192 Å². The number of hydrogen-bond donors (Lipinski definition) is 1. The van der Waals surface area contributed by atoms with Crippen LogP contribution in [0, 0.1) is 0 Å². The van der Waals surface area contributed by atoms with Crippen molar-refractivity contribution < 1.29 is 30.5 Å². The number of unbranched alkanes of at least 4 members (excludes halogenated alkanes) is 18. The Morgan fingerprint density at radius 1 is 0.464 bits per heavy atom. The molecule has 0 aromatic rings. The summed E-state index contributed by atoms with van der Waals surface area (Å²) < 4.78 is 12.2. The Morgan fingerprint density at radius 2 is 0.679 bits per heavy atom. The largest absolute Gasteiger partial charge is 0.344 e. The molecule has 0 atom stereocenters. The van der Waals surface area contributed by atoms with Gasteiger partial charge in [0.2, 0.25) is 7.37 Å². The molecule has 0 fully saturated rings. The molecular formula is C24H51MoO2P. The molecule has 0 spiro atoms. The SMILES string of the molecule is CCCCCCCCCCCCP(=O)(O)CCCCCCCCCCCC.[Mo]. The van der Waals surface area contributed by atoms with Crippen LogP contribution in [0.15, 0.2) is 0 Å². The van der Waals surface area contributed by atoms with E-state index in [0.717, 1.165) is 25.7 Å². The number of hydrogen-bond acceptors (Lipinski definition) is 1. The third-order valence-electron chi connectivity index (χ3n) is 5.72. The first-order valence-electron chi connectivity index (χ1n) is 12.4. The van der Waals surface area contributed by atoms with Crippen LogP contribution < -0.4 is 0 Å². The summed E-state index contributed by atoms with van der Waals surface area (Å²) in [5.41, 5.74) is 0. The molecule has 2 nitrogen and oxygen atoms in total. The van der Waals surface area contributed by atoms with E-state index in [-0.39, 0.29) is 21.1 Å². The molecule has 0 radical (unpaired) electrons. The summed E-state index contributed by atoms with van der Waals surface area (Å²) in [7, 11) is -2.84. The molecular weight excluding hydrogens is 447 g/mol. The maximum absolute atomic E-state index is 12.2. The summed E-state index contributed by atoms with van der Waals surface area (Å²) in [5.74, 6) is 0. The third kappa shape index (κ3) is 24.9. The van der Waals surface area contributed by atoms with Gasteiger partial charge in [-0.2, -0.15) is 0 Å². The first-order valence-corrected chi connectivity index (χ1v) is 14.5. The molecule has 28 heavy (non-hydrogen) atoms. The molecule has 0 aliphatic rings. The summed E-state index contributed by atoms with van der Waals surface area (Å²) in [4.78, 5) is 10.1. The van der Waals surface area contributed by atoms with Gasteiger partial charge in [0.05, 0.1) is 0 Å². The predicted molar refractivity (Wildman–Crippen MR) is 123 cm³/mol. The van der Waals surface area contributed by atoms with E-state index in [2.05, 4.69) is 13.8 Å². The van der Waals surface area contributed by atoms with Gasteiger partial charge in [0, 0.05) is 33.4 Å². The van der Waals surface area contributed by atoms with Gasteiger partial charge in [0.15, 0.2) is 0 Å². The van der Waals surface area contributed by atoms with Crippen molar-refractivity contribution in [1.82, 2.24) is 0 Å². The fourth-order valence-corrected chi connectivity index (χ4v) is 5.46. The number of rotatable bonds is 22. The van der Waals surface area contributed by atoms with Crippen LogP contribution in [0.2, 0.25) is 0 Å². The zero-order valence-corrected chi connectivity index (χ0v) is 22.2. The van der Waals surface area contributed by atoms with Crippen LogP contribution in [-0.2, 0) is 25.6 Å². The Balaban J connectivity index is 0. The Kier molecular flexibility index (Phi) is 26.8. The molecule has 0 unspecified atom stereocenters. The van der Waals surface area contributed by atoms with Gasteiger partial charge in [-0.1, -0.05) is 129 Å². The van der Waals surface area contributed by atoms with Crippen LogP contribution in [0.4, 0.5) is 0 Å². The molecule has 0 saturated heterocycles. The summed E-state index contributed by atoms with van der Waals surface area (Å²) in [5, 5.41) is 0. The molecule has 1 N–H and O–H groups in total. The fourth-order valence-electron chi connectivity index (χ4n) is 3.80. The molecule has 0 aromatic heterocycles. The average Bonchev–Trinajstić information content (AvgIpc) is 2.64. The van der Waals surface area contributed by atoms with Gasteiger partial charge in [-0.05, 0) is 12.8 Å². The zero-order valence-electron chi connectivity index (χ0n) is 19.3. The first kappa shape index (κ1) is 31.1. The second-order valence-corrected chi connectivity index (χ2v) is 11.2.